The van der Waals surface area contributed by atoms with Gasteiger partial charge < -0.3 is 0 Å². The summed E-state index contributed by atoms with van der Waals surface area (Å²) in [5, 5.41) is 8.77. The summed E-state index contributed by atoms with van der Waals surface area (Å²) in [4.78, 5) is 0. The smallest absolute Gasteiger partial charge is 0.0670 e. The van der Waals surface area contributed by atoms with Gasteiger partial charge in [-0.1, -0.05) is 42.2 Å². The fourth-order valence-electron chi connectivity index (χ4n) is 1.74. The Morgan fingerprint density at radius 1 is 1.00 bits per heavy atom. The van der Waals surface area contributed by atoms with Crippen LogP contribution in [-0.4, -0.2) is 0 Å². The normalized spacial score (nSPS) is 9.11. The third-order valence-electron chi connectivity index (χ3n) is 2.65. The van der Waals surface area contributed by atoms with Gasteiger partial charge in [-0.3, -0.25) is 0 Å². The first-order valence-electron chi connectivity index (χ1n) is 5.83. The van der Waals surface area contributed by atoms with E-state index in [0.29, 0.717) is 6.42 Å². The Bertz CT molecular complexity index is 651. The molecule has 0 atom stereocenters. The molecule has 2 aromatic rings. The second kappa shape index (κ2) is 5.71. The SMILES string of the molecule is Cc1cccc(C#Cc2ccccc2CC#N)c1. The highest BCUT2D eigenvalue weighted by Crippen LogP contribution is 2.08. The van der Waals surface area contributed by atoms with Crippen molar-refractivity contribution in [2.24, 2.45) is 0 Å². The van der Waals surface area contributed by atoms with Gasteiger partial charge in [0.25, 0.3) is 0 Å². The number of rotatable bonds is 1. The Morgan fingerprint density at radius 2 is 1.83 bits per heavy atom. The minimum Gasteiger partial charge on any atom is -0.198 e. The summed E-state index contributed by atoms with van der Waals surface area (Å²) in [6.45, 7) is 2.05. The lowest BCUT2D eigenvalue weighted by Gasteiger charge is -1.98. The first-order chi connectivity index (χ1) is 8.79. The van der Waals surface area contributed by atoms with Crippen LogP contribution < -0.4 is 0 Å². The van der Waals surface area contributed by atoms with Crippen molar-refractivity contribution in [3.8, 4) is 17.9 Å². The number of benzene rings is 2. The van der Waals surface area contributed by atoms with Crippen molar-refractivity contribution in [1.29, 1.82) is 5.26 Å². The van der Waals surface area contributed by atoms with E-state index in [-0.39, 0.29) is 0 Å². The molecule has 0 saturated carbocycles. The molecule has 18 heavy (non-hydrogen) atoms. The van der Waals surface area contributed by atoms with Crippen LogP contribution in [-0.2, 0) is 6.42 Å². The first-order valence-corrected chi connectivity index (χ1v) is 5.83. The number of aryl methyl sites for hydroxylation is 1. The maximum absolute atomic E-state index is 8.77. The highest BCUT2D eigenvalue weighted by Gasteiger charge is 1.97. The van der Waals surface area contributed by atoms with Crippen LogP contribution in [0.15, 0.2) is 48.5 Å². The minimum atomic E-state index is 0.401. The summed E-state index contributed by atoms with van der Waals surface area (Å²) in [5.41, 5.74) is 4.12. The molecule has 0 aliphatic rings. The molecule has 1 nitrogen and oxygen atoms in total. The molecule has 0 spiro atoms. The van der Waals surface area contributed by atoms with Crippen molar-refractivity contribution >= 4 is 0 Å². The van der Waals surface area contributed by atoms with E-state index in [4.69, 9.17) is 5.26 Å². The van der Waals surface area contributed by atoms with Crippen LogP contribution in [0.2, 0.25) is 0 Å². The Labute approximate surface area is 108 Å². The summed E-state index contributed by atoms with van der Waals surface area (Å²) >= 11 is 0. The fourth-order valence-corrected chi connectivity index (χ4v) is 1.74. The molecular formula is C17H13N. The maximum Gasteiger partial charge on any atom is 0.0670 e. The zero-order valence-corrected chi connectivity index (χ0v) is 10.3. The molecule has 2 aromatic carbocycles. The summed E-state index contributed by atoms with van der Waals surface area (Å²) in [6, 6.07) is 18.0. The van der Waals surface area contributed by atoms with Gasteiger partial charge in [-0.05, 0) is 36.2 Å². The second-order valence-electron chi connectivity index (χ2n) is 4.11. The van der Waals surface area contributed by atoms with E-state index in [1.54, 1.807) is 0 Å². The van der Waals surface area contributed by atoms with Gasteiger partial charge in [0, 0.05) is 11.1 Å². The van der Waals surface area contributed by atoms with Crippen LogP contribution in [0, 0.1) is 30.1 Å². The Morgan fingerprint density at radius 3 is 2.61 bits per heavy atom. The van der Waals surface area contributed by atoms with Gasteiger partial charge in [0.1, 0.15) is 0 Å². The number of nitriles is 1. The molecule has 0 aliphatic heterocycles. The number of hydrogen-bond donors (Lipinski definition) is 0. The highest BCUT2D eigenvalue weighted by atomic mass is 14.2. The third kappa shape index (κ3) is 3.00. The lowest BCUT2D eigenvalue weighted by molar-refractivity contribution is 1.25. The van der Waals surface area contributed by atoms with Crippen LogP contribution in [0.1, 0.15) is 22.3 Å². The lowest BCUT2D eigenvalue weighted by atomic mass is 10.0. The van der Waals surface area contributed by atoms with E-state index in [1.807, 2.05) is 36.4 Å². The van der Waals surface area contributed by atoms with Gasteiger partial charge in [-0.25, -0.2) is 0 Å². The molecule has 0 aromatic heterocycles. The predicted octanol–water partition coefficient (Wildman–Crippen LogP) is 3.46. The average Bonchev–Trinajstić information content (AvgIpc) is 2.38. The molecule has 0 unspecified atom stereocenters. The summed E-state index contributed by atoms with van der Waals surface area (Å²) in [7, 11) is 0. The quantitative estimate of drug-likeness (QED) is 0.689. The second-order valence-corrected chi connectivity index (χ2v) is 4.11. The van der Waals surface area contributed by atoms with Gasteiger partial charge in [0.15, 0.2) is 0 Å². The minimum absolute atomic E-state index is 0.401. The lowest BCUT2D eigenvalue weighted by Crippen LogP contribution is -1.87. The largest absolute Gasteiger partial charge is 0.198 e. The molecule has 0 N–H and O–H groups in total. The van der Waals surface area contributed by atoms with E-state index in [2.05, 4.69) is 37.0 Å². The van der Waals surface area contributed by atoms with Crippen LogP contribution in [0.3, 0.4) is 0 Å². The number of hydrogen-bond acceptors (Lipinski definition) is 1. The highest BCUT2D eigenvalue weighted by molar-refractivity contribution is 5.47. The first kappa shape index (κ1) is 12.0. The van der Waals surface area contributed by atoms with Gasteiger partial charge in [-0.15, -0.1) is 0 Å². The number of nitrogens with zero attached hydrogens (tertiary/aromatic N) is 1. The zero-order valence-electron chi connectivity index (χ0n) is 10.3. The molecule has 86 valence electrons. The molecular weight excluding hydrogens is 218 g/mol. The Kier molecular flexibility index (Phi) is 3.79. The van der Waals surface area contributed by atoms with Crippen LogP contribution >= 0.6 is 0 Å². The van der Waals surface area contributed by atoms with Crippen LogP contribution in [0.25, 0.3) is 0 Å². The van der Waals surface area contributed by atoms with E-state index in [0.717, 1.165) is 16.7 Å². The van der Waals surface area contributed by atoms with Gasteiger partial charge >= 0.3 is 0 Å². The molecule has 2 rings (SSSR count). The van der Waals surface area contributed by atoms with Crippen molar-refractivity contribution in [3.05, 3.63) is 70.8 Å². The van der Waals surface area contributed by atoms with E-state index in [1.165, 1.54) is 5.56 Å². The zero-order chi connectivity index (χ0) is 12.8. The van der Waals surface area contributed by atoms with E-state index >= 15 is 0 Å². The standard InChI is InChI=1S/C17H13N/c1-14-5-4-6-15(13-14)9-10-16-7-2-3-8-17(16)11-12-18/h2-8,13H,11H2,1H3. The van der Waals surface area contributed by atoms with Crippen LogP contribution in [0.5, 0.6) is 0 Å². The third-order valence-corrected chi connectivity index (χ3v) is 2.65. The summed E-state index contributed by atoms with van der Waals surface area (Å²) < 4.78 is 0. The molecule has 1 heteroatoms. The topological polar surface area (TPSA) is 23.8 Å². The predicted molar refractivity (Wildman–Crippen MR) is 72.9 cm³/mol. The van der Waals surface area contributed by atoms with Gasteiger partial charge in [0.05, 0.1) is 12.5 Å². The van der Waals surface area contributed by atoms with Crippen LogP contribution in [0.4, 0.5) is 0 Å². The van der Waals surface area contributed by atoms with E-state index < -0.39 is 0 Å². The van der Waals surface area contributed by atoms with E-state index in [9.17, 15) is 0 Å². The van der Waals surface area contributed by atoms with Gasteiger partial charge in [0.2, 0.25) is 0 Å². The fraction of sp³-hybridized carbons (Fsp3) is 0.118. The van der Waals surface area contributed by atoms with Crippen molar-refractivity contribution in [1.82, 2.24) is 0 Å². The maximum atomic E-state index is 8.77. The summed E-state index contributed by atoms with van der Waals surface area (Å²) in [5.74, 6) is 6.28. The molecule has 0 bridgehead atoms. The van der Waals surface area contributed by atoms with Crippen molar-refractivity contribution in [2.45, 2.75) is 13.3 Å². The van der Waals surface area contributed by atoms with Crippen molar-refractivity contribution in [3.63, 3.8) is 0 Å². The molecule has 0 radical (unpaired) electrons. The molecule has 0 aliphatic carbocycles. The molecule has 0 heterocycles. The Hall–Kier alpha value is -2.51. The Balaban J connectivity index is 2.33. The molecule has 0 fully saturated rings. The molecule has 0 amide bonds. The van der Waals surface area contributed by atoms with Crippen molar-refractivity contribution in [2.75, 3.05) is 0 Å². The summed E-state index contributed by atoms with van der Waals surface area (Å²) in [6.07, 6.45) is 0.401. The van der Waals surface area contributed by atoms with Crippen molar-refractivity contribution < 1.29 is 0 Å². The monoisotopic (exact) mass is 231 g/mol. The van der Waals surface area contributed by atoms with Gasteiger partial charge in [-0.2, -0.15) is 5.26 Å². The average molecular weight is 231 g/mol. The molecule has 0 saturated heterocycles.